The van der Waals surface area contributed by atoms with Crippen LogP contribution in [0, 0.1) is 0 Å². The number of aryl methyl sites for hydroxylation is 1. The van der Waals surface area contributed by atoms with Gasteiger partial charge >= 0.3 is 0 Å². The predicted octanol–water partition coefficient (Wildman–Crippen LogP) is 0.359. The second-order valence-electron chi connectivity index (χ2n) is 5.39. The van der Waals surface area contributed by atoms with E-state index in [1.165, 1.54) is 0 Å². The Morgan fingerprint density at radius 3 is 2.73 bits per heavy atom. The van der Waals surface area contributed by atoms with Gasteiger partial charge in [-0.15, -0.1) is 10.2 Å². The molecule has 0 radical (unpaired) electrons. The zero-order chi connectivity index (χ0) is 15.4. The third-order valence-corrected chi connectivity index (χ3v) is 3.84. The second-order valence-corrected chi connectivity index (χ2v) is 5.39. The standard InChI is InChI=1S/C14H22N8/c1-3-15-14-16-5-4-12(18-14)22-8-6-21(7-9-22)10-13-19-17-11-20(13)2/h4-5,11H,3,6-10H2,1-2H3,(H,15,16,18). The summed E-state index contributed by atoms with van der Waals surface area (Å²) in [5, 5.41) is 11.2. The molecule has 0 amide bonds. The van der Waals surface area contributed by atoms with Gasteiger partial charge in [-0.05, 0) is 13.0 Å². The molecule has 1 N–H and O–H groups in total. The van der Waals surface area contributed by atoms with E-state index in [1.54, 1.807) is 6.33 Å². The Bertz CT molecular complexity index is 602. The summed E-state index contributed by atoms with van der Waals surface area (Å²) in [4.78, 5) is 13.5. The Labute approximate surface area is 130 Å². The maximum Gasteiger partial charge on any atom is 0.224 e. The van der Waals surface area contributed by atoms with Crippen molar-refractivity contribution in [1.29, 1.82) is 0 Å². The van der Waals surface area contributed by atoms with Gasteiger partial charge < -0.3 is 14.8 Å². The number of hydrogen-bond donors (Lipinski definition) is 1. The second kappa shape index (κ2) is 6.69. The van der Waals surface area contributed by atoms with E-state index in [4.69, 9.17) is 0 Å². The lowest BCUT2D eigenvalue weighted by molar-refractivity contribution is 0.241. The van der Waals surface area contributed by atoms with Crippen LogP contribution in [0.1, 0.15) is 12.7 Å². The minimum atomic E-state index is 0.696. The van der Waals surface area contributed by atoms with Crippen molar-refractivity contribution < 1.29 is 0 Å². The van der Waals surface area contributed by atoms with Gasteiger partial charge in [-0.3, -0.25) is 4.90 Å². The van der Waals surface area contributed by atoms with Gasteiger partial charge in [-0.25, -0.2) is 4.98 Å². The Morgan fingerprint density at radius 1 is 1.23 bits per heavy atom. The van der Waals surface area contributed by atoms with E-state index in [2.05, 4.69) is 35.3 Å². The van der Waals surface area contributed by atoms with Crippen LogP contribution >= 0.6 is 0 Å². The Balaban J connectivity index is 1.57. The molecule has 0 spiro atoms. The molecular formula is C14H22N8. The first-order chi connectivity index (χ1) is 10.8. The molecule has 2 aromatic heterocycles. The fraction of sp³-hybridized carbons (Fsp3) is 0.571. The molecule has 1 fully saturated rings. The lowest BCUT2D eigenvalue weighted by Crippen LogP contribution is -2.46. The highest BCUT2D eigenvalue weighted by molar-refractivity contribution is 5.42. The van der Waals surface area contributed by atoms with Crippen molar-refractivity contribution >= 4 is 11.8 Å². The maximum absolute atomic E-state index is 4.56. The van der Waals surface area contributed by atoms with Crippen molar-refractivity contribution in [2.75, 3.05) is 42.9 Å². The fourth-order valence-electron chi connectivity index (χ4n) is 2.55. The number of piperazine rings is 1. The molecule has 8 nitrogen and oxygen atoms in total. The zero-order valence-electron chi connectivity index (χ0n) is 13.1. The lowest BCUT2D eigenvalue weighted by atomic mass is 10.3. The summed E-state index contributed by atoms with van der Waals surface area (Å²) in [6, 6.07) is 1.97. The molecule has 118 valence electrons. The molecule has 1 aliphatic rings. The zero-order valence-corrected chi connectivity index (χ0v) is 13.1. The average molecular weight is 302 g/mol. The van der Waals surface area contributed by atoms with Gasteiger partial charge in [0.05, 0.1) is 6.54 Å². The van der Waals surface area contributed by atoms with Gasteiger partial charge in [0, 0.05) is 46.0 Å². The molecule has 3 rings (SSSR count). The van der Waals surface area contributed by atoms with Crippen LogP contribution in [0.4, 0.5) is 11.8 Å². The number of rotatable bonds is 5. The molecule has 8 heteroatoms. The van der Waals surface area contributed by atoms with Gasteiger partial charge in [-0.1, -0.05) is 0 Å². The summed E-state index contributed by atoms with van der Waals surface area (Å²) < 4.78 is 1.97. The van der Waals surface area contributed by atoms with Crippen LogP contribution in [0.25, 0.3) is 0 Å². The van der Waals surface area contributed by atoms with Gasteiger partial charge in [0.25, 0.3) is 0 Å². The van der Waals surface area contributed by atoms with Crippen molar-refractivity contribution in [3.8, 4) is 0 Å². The number of hydrogen-bond acceptors (Lipinski definition) is 7. The van der Waals surface area contributed by atoms with Crippen LogP contribution in [-0.4, -0.2) is 62.4 Å². The Hall–Kier alpha value is -2.22. The third-order valence-electron chi connectivity index (χ3n) is 3.84. The summed E-state index contributed by atoms with van der Waals surface area (Å²) in [7, 11) is 1.98. The minimum Gasteiger partial charge on any atom is -0.354 e. The van der Waals surface area contributed by atoms with E-state index in [9.17, 15) is 0 Å². The van der Waals surface area contributed by atoms with Crippen molar-refractivity contribution in [3.05, 3.63) is 24.4 Å². The normalized spacial score (nSPS) is 16.0. The first-order valence-corrected chi connectivity index (χ1v) is 7.63. The smallest absolute Gasteiger partial charge is 0.224 e. The van der Waals surface area contributed by atoms with Gasteiger partial charge in [0.1, 0.15) is 18.0 Å². The summed E-state index contributed by atoms with van der Waals surface area (Å²) in [5.74, 6) is 2.69. The van der Waals surface area contributed by atoms with E-state index in [0.29, 0.717) is 5.95 Å². The van der Waals surface area contributed by atoms with Crippen LogP contribution in [0.2, 0.25) is 0 Å². The largest absolute Gasteiger partial charge is 0.354 e. The quantitative estimate of drug-likeness (QED) is 0.854. The molecule has 0 aromatic carbocycles. The van der Waals surface area contributed by atoms with E-state index in [-0.39, 0.29) is 0 Å². The van der Waals surface area contributed by atoms with Crippen LogP contribution in [0.3, 0.4) is 0 Å². The van der Waals surface area contributed by atoms with Crippen LogP contribution in [0.15, 0.2) is 18.6 Å². The maximum atomic E-state index is 4.56. The van der Waals surface area contributed by atoms with Gasteiger partial charge in [-0.2, -0.15) is 4.98 Å². The molecule has 1 saturated heterocycles. The van der Waals surface area contributed by atoms with Crippen molar-refractivity contribution in [1.82, 2.24) is 29.6 Å². The first-order valence-electron chi connectivity index (χ1n) is 7.63. The number of nitrogens with zero attached hydrogens (tertiary/aromatic N) is 7. The van der Waals surface area contributed by atoms with Crippen LogP contribution in [0.5, 0.6) is 0 Å². The molecule has 0 unspecified atom stereocenters. The molecule has 0 atom stereocenters. The molecule has 0 bridgehead atoms. The van der Waals surface area contributed by atoms with Crippen LogP contribution < -0.4 is 10.2 Å². The van der Waals surface area contributed by atoms with Crippen LogP contribution in [-0.2, 0) is 13.6 Å². The summed E-state index contributed by atoms with van der Waals surface area (Å²) in [6.45, 7) is 7.62. The molecular weight excluding hydrogens is 280 g/mol. The van der Waals surface area contributed by atoms with Crippen molar-refractivity contribution in [2.45, 2.75) is 13.5 Å². The van der Waals surface area contributed by atoms with Crippen molar-refractivity contribution in [2.24, 2.45) is 7.05 Å². The highest BCUT2D eigenvalue weighted by Gasteiger charge is 2.19. The predicted molar refractivity (Wildman–Crippen MR) is 84.7 cm³/mol. The number of aromatic nitrogens is 5. The highest BCUT2D eigenvalue weighted by Crippen LogP contribution is 2.15. The van der Waals surface area contributed by atoms with Crippen molar-refractivity contribution in [3.63, 3.8) is 0 Å². The lowest BCUT2D eigenvalue weighted by Gasteiger charge is -2.35. The highest BCUT2D eigenvalue weighted by atomic mass is 15.3. The summed E-state index contributed by atoms with van der Waals surface area (Å²) in [5.41, 5.74) is 0. The Morgan fingerprint density at radius 2 is 2.05 bits per heavy atom. The Kier molecular flexibility index (Phi) is 4.47. The minimum absolute atomic E-state index is 0.696. The fourth-order valence-corrected chi connectivity index (χ4v) is 2.55. The van der Waals surface area contributed by atoms with E-state index < -0.39 is 0 Å². The molecule has 0 aliphatic carbocycles. The monoisotopic (exact) mass is 302 g/mol. The van der Waals surface area contributed by atoms with Gasteiger partial charge in [0.15, 0.2) is 0 Å². The van der Waals surface area contributed by atoms with E-state index in [0.717, 1.165) is 50.9 Å². The third kappa shape index (κ3) is 3.33. The van der Waals surface area contributed by atoms with E-state index >= 15 is 0 Å². The summed E-state index contributed by atoms with van der Waals surface area (Å²) >= 11 is 0. The first kappa shape index (κ1) is 14.7. The number of nitrogens with one attached hydrogen (secondary N) is 1. The summed E-state index contributed by atoms with van der Waals surface area (Å²) in [6.07, 6.45) is 3.56. The average Bonchev–Trinajstić information content (AvgIpc) is 2.94. The topological polar surface area (TPSA) is 75.0 Å². The molecule has 0 saturated carbocycles. The molecule has 3 heterocycles. The molecule has 1 aliphatic heterocycles. The SMILES string of the molecule is CCNc1nccc(N2CCN(Cc3nncn3C)CC2)n1. The van der Waals surface area contributed by atoms with E-state index in [1.807, 2.05) is 30.8 Å². The number of anilines is 2. The van der Waals surface area contributed by atoms with Gasteiger partial charge in [0.2, 0.25) is 5.95 Å². The molecule has 2 aromatic rings. The molecule has 22 heavy (non-hydrogen) atoms.